The van der Waals surface area contributed by atoms with Gasteiger partial charge < -0.3 is 19.4 Å². The number of aromatic amines is 4. The summed E-state index contributed by atoms with van der Waals surface area (Å²) >= 11 is 25.6. The lowest BCUT2D eigenvalue weighted by Gasteiger charge is -2.28. The van der Waals surface area contributed by atoms with Crippen LogP contribution in [0.1, 0.15) is 72.8 Å². The molecule has 0 bridgehead atoms. The van der Waals surface area contributed by atoms with E-state index in [1.54, 1.807) is 24.8 Å². The molecule has 348 valence electrons. The largest absolute Gasteiger partial charge is 0.486 e. The fourth-order valence-corrected chi connectivity index (χ4v) is 11.6. The molecule has 4 N–H and O–H groups in total. The summed E-state index contributed by atoms with van der Waals surface area (Å²) in [4.78, 5) is 39.2. The lowest BCUT2D eigenvalue weighted by atomic mass is 9.91. The molecule has 6 aromatic heterocycles. The number of aromatic nitrogens is 10. The van der Waals surface area contributed by atoms with Crippen molar-refractivity contribution in [2.45, 2.75) is 65.1 Å². The average molecular weight is 995 g/mol. The summed E-state index contributed by atoms with van der Waals surface area (Å²) in [7, 11) is 0. The molecule has 12 rings (SSSR count). The predicted molar refractivity (Wildman–Crippen MR) is 257 cm³/mol. The zero-order chi connectivity index (χ0) is 46.4. The van der Waals surface area contributed by atoms with Gasteiger partial charge in [0.2, 0.25) is 0 Å². The standard InChI is InChI=1S/C47H44Cl4N14O3/c1-23(41-31(48)13-52-14-32(41)49)67-27-3-5-35-29(11-27)43(60-58-35)46-54-37-19-64(20-38(37)55-46)62-9-7-25(17-62)45(66)26-8-10-63(18-26)65-21-39-40(22-65)57-47(56-39)44-30-12-28(4-6-36(30)59-61-44)68-24(2)42-33(50)15-53-16-34(42)51/h3-6,11-16,23-26H,7-10,17-22H2,1-2H3,(H,54,55)(H,56,57)(H,58,60)(H,59,61)/t23?,24?,25-,26-/m1/s1. The number of fused-ring (bicyclic) bond motifs is 4. The molecule has 8 aromatic rings. The van der Waals surface area contributed by atoms with Crippen LogP contribution in [-0.4, -0.2) is 102 Å². The molecule has 4 aliphatic heterocycles. The fraction of sp³-hybridized carbons (Fsp3) is 0.340. The summed E-state index contributed by atoms with van der Waals surface area (Å²) in [6.07, 6.45) is 7.14. The maximum absolute atomic E-state index is 14.0. The molecule has 4 aliphatic rings. The predicted octanol–water partition coefficient (Wildman–Crippen LogP) is 9.28. The minimum absolute atomic E-state index is 0.00199. The van der Waals surface area contributed by atoms with Gasteiger partial charge in [-0.3, -0.25) is 25.0 Å². The molecule has 17 nitrogen and oxygen atoms in total. The van der Waals surface area contributed by atoms with Gasteiger partial charge in [0, 0.05) is 84.7 Å². The SMILES string of the molecule is CC(Oc1ccc2[nH]nc(-c3nc4c([nH]3)CN(N3CC[C@@H](C(=O)[C@@H]5CCN(N6Cc7nc(-c8n[nH]c9ccc(OC(C)c%10c(Cl)cncc%10Cl)cc89)[nH]c7C6)C5)C3)C4)c2c1)c1c(Cl)cncc1Cl. The number of H-pyrrole nitrogens is 4. The number of ether oxygens (including phenoxy) is 2. The molecular formula is C47H44Cl4N14O3. The number of pyridine rings is 2. The molecule has 0 saturated carbocycles. The van der Waals surface area contributed by atoms with Gasteiger partial charge in [-0.25, -0.2) is 30.0 Å². The van der Waals surface area contributed by atoms with Crippen molar-refractivity contribution in [2.24, 2.45) is 11.8 Å². The first-order valence-corrected chi connectivity index (χ1v) is 24.1. The molecule has 0 amide bonds. The number of hydrazine groups is 2. The third-order valence-corrected chi connectivity index (χ3v) is 15.0. The third-order valence-electron chi connectivity index (χ3n) is 13.7. The minimum atomic E-state index is -0.402. The number of benzene rings is 2. The molecule has 2 unspecified atom stereocenters. The van der Waals surface area contributed by atoms with Crippen LogP contribution in [0.5, 0.6) is 11.5 Å². The van der Waals surface area contributed by atoms with Gasteiger partial charge in [0.1, 0.15) is 40.9 Å². The van der Waals surface area contributed by atoms with Crippen molar-refractivity contribution < 1.29 is 14.3 Å². The van der Waals surface area contributed by atoms with Gasteiger partial charge in [-0.2, -0.15) is 10.2 Å². The number of hydrogen-bond acceptors (Lipinski definition) is 13. The zero-order valence-electron chi connectivity index (χ0n) is 36.9. The van der Waals surface area contributed by atoms with Crippen molar-refractivity contribution in [1.29, 1.82) is 0 Å². The van der Waals surface area contributed by atoms with E-state index < -0.39 is 12.2 Å². The van der Waals surface area contributed by atoms with Gasteiger partial charge in [-0.1, -0.05) is 46.4 Å². The number of carbonyl (C=O) groups is 1. The van der Waals surface area contributed by atoms with E-state index >= 15 is 0 Å². The normalized spacial score (nSPS) is 19.9. The van der Waals surface area contributed by atoms with Gasteiger partial charge >= 0.3 is 0 Å². The van der Waals surface area contributed by atoms with Crippen molar-refractivity contribution in [3.63, 3.8) is 0 Å². The molecular weight excluding hydrogens is 950 g/mol. The maximum Gasteiger partial charge on any atom is 0.159 e. The number of ketones is 1. The molecule has 4 atom stereocenters. The summed E-state index contributed by atoms with van der Waals surface area (Å²) in [5, 5.41) is 28.4. The van der Waals surface area contributed by atoms with E-state index in [2.05, 4.69) is 60.4 Å². The number of hydrogen-bond donors (Lipinski definition) is 4. The van der Waals surface area contributed by atoms with Crippen LogP contribution in [0.15, 0.2) is 61.2 Å². The molecule has 0 spiro atoms. The molecule has 21 heteroatoms. The summed E-state index contributed by atoms with van der Waals surface area (Å²) in [5.74, 6) is 3.08. The Kier molecular flexibility index (Phi) is 11.2. The van der Waals surface area contributed by atoms with Crippen molar-refractivity contribution in [3.8, 4) is 34.5 Å². The average Bonchev–Trinajstić information content (AvgIpc) is 4.16. The van der Waals surface area contributed by atoms with Crippen LogP contribution in [0, 0.1) is 11.8 Å². The Morgan fingerprint density at radius 2 is 1.04 bits per heavy atom. The van der Waals surface area contributed by atoms with Crippen LogP contribution >= 0.6 is 46.4 Å². The molecule has 0 aliphatic carbocycles. The van der Waals surface area contributed by atoms with E-state index in [1.165, 1.54) is 0 Å². The molecule has 68 heavy (non-hydrogen) atoms. The molecule has 10 heterocycles. The van der Waals surface area contributed by atoms with Crippen LogP contribution in [0.3, 0.4) is 0 Å². The Balaban J connectivity index is 0.643. The highest BCUT2D eigenvalue weighted by Crippen LogP contribution is 2.39. The summed E-state index contributed by atoms with van der Waals surface area (Å²) in [6.45, 7) is 9.64. The second kappa shape index (κ2) is 17.4. The summed E-state index contributed by atoms with van der Waals surface area (Å²) in [6, 6.07) is 11.6. The van der Waals surface area contributed by atoms with E-state index in [0.717, 1.165) is 83.6 Å². The van der Waals surface area contributed by atoms with Gasteiger partial charge in [0.25, 0.3) is 0 Å². The third kappa shape index (κ3) is 7.88. The number of halogens is 4. The summed E-state index contributed by atoms with van der Waals surface area (Å²) in [5.41, 5.74) is 8.61. The van der Waals surface area contributed by atoms with Gasteiger partial charge in [0.15, 0.2) is 11.6 Å². The molecule has 2 saturated heterocycles. The number of carbonyl (C=O) groups excluding carboxylic acids is 1. The Bertz CT molecular complexity index is 2960. The van der Waals surface area contributed by atoms with Crippen molar-refractivity contribution in [1.82, 2.24) is 70.3 Å². The highest BCUT2D eigenvalue weighted by Gasteiger charge is 2.41. The Labute approximate surface area is 409 Å². The van der Waals surface area contributed by atoms with Gasteiger partial charge in [-0.15, -0.1) is 0 Å². The maximum atomic E-state index is 14.0. The van der Waals surface area contributed by atoms with Crippen molar-refractivity contribution in [2.75, 3.05) is 26.2 Å². The Morgan fingerprint density at radius 3 is 1.46 bits per heavy atom. The monoisotopic (exact) mass is 992 g/mol. The fourth-order valence-electron chi connectivity index (χ4n) is 10.3. The number of Topliss-reactive ketones (excluding diaryl/α,β-unsaturated/α-hetero) is 1. The number of imidazole rings is 2. The second-order valence-corrected chi connectivity index (χ2v) is 19.6. The smallest absolute Gasteiger partial charge is 0.159 e. The first kappa shape index (κ1) is 43.6. The molecule has 2 fully saturated rings. The number of rotatable bonds is 12. The van der Waals surface area contributed by atoms with Crippen LogP contribution < -0.4 is 9.47 Å². The number of nitrogens with zero attached hydrogens (tertiary/aromatic N) is 10. The van der Waals surface area contributed by atoms with Gasteiger partial charge in [-0.05, 0) is 63.1 Å². The van der Waals surface area contributed by atoms with Crippen LogP contribution in [0.2, 0.25) is 20.1 Å². The van der Waals surface area contributed by atoms with Crippen LogP contribution in [0.25, 0.3) is 44.8 Å². The first-order chi connectivity index (χ1) is 33.0. The Hall–Kier alpha value is -5.63. The lowest BCUT2D eigenvalue weighted by Crippen LogP contribution is -2.40. The van der Waals surface area contributed by atoms with Crippen molar-refractivity contribution in [3.05, 3.63) is 115 Å². The minimum Gasteiger partial charge on any atom is -0.486 e. The zero-order valence-corrected chi connectivity index (χ0v) is 39.9. The molecule has 0 radical (unpaired) electrons. The highest BCUT2D eigenvalue weighted by atomic mass is 35.5. The Morgan fingerprint density at radius 1 is 0.618 bits per heavy atom. The van der Waals surface area contributed by atoms with Crippen molar-refractivity contribution >= 4 is 74.0 Å². The lowest BCUT2D eigenvalue weighted by molar-refractivity contribution is -0.127. The summed E-state index contributed by atoms with van der Waals surface area (Å²) < 4.78 is 12.6. The topological polar surface area (TPSA) is 189 Å². The number of nitrogens with one attached hydrogen (secondary N) is 4. The van der Waals surface area contributed by atoms with Crippen LogP contribution in [0.4, 0.5) is 0 Å². The quantitative estimate of drug-likeness (QED) is 0.0908. The first-order valence-electron chi connectivity index (χ1n) is 22.6. The van der Waals surface area contributed by atoms with Crippen LogP contribution in [-0.2, 0) is 31.0 Å². The van der Waals surface area contributed by atoms with E-state index in [1.807, 2.05) is 50.2 Å². The second-order valence-electron chi connectivity index (χ2n) is 18.0. The van der Waals surface area contributed by atoms with E-state index in [4.69, 9.17) is 65.8 Å². The highest BCUT2D eigenvalue weighted by molar-refractivity contribution is 6.36. The van der Waals surface area contributed by atoms with E-state index in [0.29, 0.717) is 97.7 Å². The molecule has 2 aromatic carbocycles. The van der Waals surface area contributed by atoms with Gasteiger partial charge in [0.05, 0.1) is 80.1 Å². The van der Waals surface area contributed by atoms with E-state index in [9.17, 15) is 4.79 Å². The van der Waals surface area contributed by atoms with E-state index in [-0.39, 0.29) is 11.8 Å².